The Morgan fingerprint density at radius 1 is 1.03 bits per heavy atom. The van der Waals surface area contributed by atoms with Crippen molar-refractivity contribution in [2.45, 2.75) is 13.5 Å². The fourth-order valence-corrected chi connectivity index (χ4v) is 4.28. The van der Waals surface area contributed by atoms with Crippen LogP contribution < -0.4 is 26.0 Å². The van der Waals surface area contributed by atoms with Gasteiger partial charge in [-0.1, -0.05) is 12.1 Å². The zero-order valence-corrected chi connectivity index (χ0v) is 18.6. The van der Waals surface area contributed by atoms with Crippen LogP contribution in [0.2, 0.25) is 0 Å². The standard InChI is InChI=1S/C23H21N3O5S/c1-14-5-4-6-16(9-14)26-22(28)21-19(7-8-32-21)25(23(26)29)13-20(27)24-15-10-17(30-2)12-18(11-15)31-3/h4-12H,13H2,1-3H3,(H,24,27). The molecule has 0 saturated heterocycles. The van der Waals surface area contributed by atoms with E-state index in [0.717, 1.165) is 10.1 Å². The maximum absolute atomic E-state index is 13.3. The first kappa shape index (κ1) is 21.4. The average molecular weight is 452 g/mol. The number of nitrogens with zero attached hydrogens (tertiary/aromatic N) is 2. The first-order chi connectivity index (χ1) is 15.4. The molecule has 1 N–H and O–H groups in total. The summed E-state index contributed by atoms with van der Waals surface area (Å²) >= 11 is 1.23. The van der Waals surface area contributed by atoms with Gasteiger partial charge in [-0.2, -0.15) is 0 Å². The number of rotatable bonds is 6. The number of nitrogens with one attached hydrogen (secondary N) is 1. The number of carbonyl (C=O) groups excluding carboxylic acids is 1. The van der Waals surface area contributed by atoms with Crippen molar-refractivity contribution in [3.63, 3.8) is 0 Å². The van der Waals surface area contributed by atoms with Crippen LogP contribution >= 0.6 is 11.3 Å². The van der Waals surface area contributed by atoms with Crippen LogP contribution in [0.15, 0.2) is 63.5 Å². The lowest BCUT2D eigenvalue weighted by Crippen LogP contribution is -2.40. The van der Waals surface area contributed by atoms with Crippen molar-refractivity contribution >= 4 is 33.1 Å². The van der Waals surface area contributed by atoms with Crippen molar-refractivity contribution in [3.05, 3.63) is 80.3 Å². The third-order valence-electron chi connectivity index (χ3n) is 4.95. The van der Waals surface area contributed by atoms with Crippen molar-refractivity contribution < 1.29 is 14.3 Å². The molecule has 2 heterocycles. The Balaban J connectivity index is 1.75. The summed E-state index contributed by atoms with van der Waals surface area (Å²) in [6.07, 6.45) is 0. The van der Waals surface area contributed by atoms with Crippen LogP contribution in [0.5, 0.6) is 11.5 Å². The van der Waals surface area contributed by atoms with Gasteiger partial charge in [-0.3, -0.25) is 14.2 Å². The minimum atomic E-state index is -0.579. The minimum absolute atomic E-state index is 0.266. The van der Waals surface area contributed by atoms with E-state index in [2.05, 4.69) is 5.32 Å². The first-order valence-corrected chi connectivity index (χ1v) is 10.6. The van der Waals surface area contributed by atoms with Gasteiger partial charge in [0, 0.05) is 23.9 Å². The lowest BCUT2D eigenvalue weighted by Gasteiger charge is -2.13. The Kier molecular flexibility index (Phi) is 5.83. The van der Waals surface area contributed by atoms with Gasteiger partial charge < -0.3 is 14.8 Å². The number of fused-ring (bicyclic) bond motifs is 1. The van der Waals surface area contributed by atoms with Crippen molar-refractivity contribution in [2.75, 3.05) is 19.5 Å². The number of methoxy groups -OCH3 is 2. The molecule has 0 fully saturated rings. The number of aromatic nitrogens is 2. The van der Waals surface area contributed by atoms with Crippen LogP contribution in [0.4, 0.5) is 5.69 Å². The second-order valence-corrected chi connectivity index (χ2v) is 8.05. The number of benzene rings is 2. The summed E-state index contributed by atoms with van der Waals surface area (Å²) in [5.41, 5.74) is 1.28. The molecular weight excluding hydrogens is 430 g/mol. The lowest BCUT2D eigenvalue weighted by atomic mass is 10.2. The summed E-state index contributed by atoms with van der Waals surface area (Å²) in [6.45, 7) is 1.62. The quantitative estimate of drug-likeness (QED) is 0.486. The van der Waals surface area contributed by atoms with Crippen molar-refractivity contribution in [2.24, 2.45) is 0 Å². The van der Waals surface area contributed by atoms with E-state index in [4.69, 9.17) is 9.47 Å². The summed E-state index contributed by atoms with van der Waals surface area (Å²) < 4.78 is 13.3. The molecule has 0 bridgehead atoms. The van der Waals surface area contributed by atoms with E-state index in [1.165, 1.54) is 30.1 Å². The highest BCUT2D eigenvalue weighted by Gasteiger charge is 2.18. The molecule has 4 aromatic rings. The molecule has 0 radical (unpaired) electrons. The highest BCUT2D eigenvalue weighted by atomic mass is 32.1. The van der Waals surface area contributed by atoms with Crippen LogP contribution in [-0.4, -0.2) is 29.3 Å². The molecule has 0 spiro atoms. The number of ether oxygens (including phenoxy) is 2. The van der Waals surface area contributed by atoms with Gasteiger partial charge in [0.25, 0.3) is 5.56 Å². The Morgan fingerprint density at radius 2 is 1.75 bits per heavy atom. The predicted octanol–water partition coefficient (Wildman–Crippen LogP) is 3.18. The molecule has 8 nitrogen and oxygen atoms in total. The van der Waals surface area contributed by atoms with Gasteiger partial charge in [-0.15, -0.1) is 11.3 Å². The maximum atomic E-state index is 13.3. The number of anilines is 1. The third-order valence-corrected chi connectivity index (χ3v) is 5.84. The number of thiophene rings is 1. The average Bonchev–Trinajstić information content (AvgIpc) is 3.26. The van der Waals surface area contributed by atoms with E-state index in [1.807, 2.05) is 13.0 Å². The van der Waals surface area contributed by atoms with Gasteiger partial charge >= 0.3 is 5.69 Å². The van der Waals surface area contributed by atoms with Crippen molar-refractivity contribution in [1.29, 1.82) is 0 Å². The first-order valence-electron chi connectivity index (χ1n) is 9.74. The lowest BCUT2D eigenvalue weighted by molar-refractivity contribution is -0.116. The molecule has 0 aliphatic rings. The van der Waals surface area contributed by atoms with E-state index in [-0.39, 0.29) is 6.54 Å². The molecule has 0 unspecified atom stereocenters. The molecule has 2 aromatic carbocycles. The van der Waals surface area contributed by atoms with Crippen LogP contribution in [0.25, 0.3) is 15.9 Å². The number of aryl methyl sites for hydroxylation is 1. The molecule has 4 rings (SSSR count). The summed E-state index contributed by atoms with van der Waals surface area (Å²) in [6, 6.07) is 13.8. The fourth-order valence-electron chi connectivity index (χ4n) is 3.46. The number of amides is 1. The van der Waals surface area contributed by atoms with E-state index < -0.39 is 17.2 Å². The normalized spacial score (nSPS) is 10.8. The number of carbonyl (C=O) groups is 1. The Bertz CT molecular complexity index is 1410. The van der Waals surface area contributed by atoms with Crippen molar-refractivity contribution in [1.82, 2.24) is 9.13 Å². The van der Waals surface area contributed by atoms with Crippen LogP contribution in [0.3, 0.4) is 0 Å². The van der Waals surface area contributed by atoms with Gasteiger partial charge in [0.1, 0.15) is 22.7 Å². The monoisotopic (exact) mass is 451 g/mol. The highest BCUT2D eigenvalue weighted by molar-refractivity contribution is 7.17. The van der Waals surface area contributed by atoms with E-state index >= 15 is 0 Å². The zero-order valence-electron chi connectivity index (χ0n) is 17.7. The number of hydrogen-bond donors (Lipinski definition) is 1. The van der Waals surface area contributed by atoms with Gasteiger partial charge in [0.2, 0.25) is 5.91 Å². The second kappa shape index (κ2) is 8.72. The summed E-state index contributed by atoms with van der Waals surface area (Å²) in [7, 11) is 3.03. The molecule has 0 atom stereocenters. The van der Waals surface area contributed by atoms with Gasteiger partial charge in [-0.05, 0) is 36.1 Å². The zero-order chi connectivity index (χ0) is 22.8. The van der Waals surface area contributed by atoms with Crippen molar-refractivity contribution in [3.8, 4) is 17.2 Å². The summed E-state index contributed by atoms with van der Waals surface area (Å²) in [5.74, 6) is 0.611. The second-order valence-electron chi connectivity index (χ2n) is 7.13. The molecule has 0 aliphatic carbocycles. The largest absolute Gasteiger partial charge is 0.497 e. The predicted molar refractivity (Wildman–Crippen MR) is 125 cm³/mol. The van der Waals surface area contributed by atoms with Crippen LogP contribution in [0.1, 0.15) is 5.56 Å². The molecular formula is C23H21N3O5S. The SMILES string of the molecule is COc1cc(NC(=O)Cn2c(=O)n(-c3cccc(C)c3)c(=O)c3sccc32)cc(OC)c1. The highest BCUT2D eigenvalue weighted by Crippen LogP contribution is 2.26. The van der Waals surface area contributed by atoms with Gasteiger partial charge in [0.05, 0.1) is 25.4 Å². The fraction of sp³-hybridized carbons (Fsp3) is 0.174. The van der Waals surface area contributed by atoms with E-state index in [0.29, 0.717) is 33.1 Å². The Morgan fingerprint density at radius 3 is 2.41 bits per heavy atom. The molecule has 164 valence electrons. The molecule has 9 heteroatoms. The van der Waals surface area contributed by atoms with Crippen LogP contribution in [-0.2, 0) is 11.3 Å². The third kappa shape index (κ3) is 4.02. The molecule has 1 amide bonds. The maximum Gasteiger partial charge on any atom is 0.336 e. The molecule has 2 aromatic heterocycles. The minimum Gasteiger partial charge on any atom is -0.497 e. The molecule has 0 saturated carbocycles. The van der Waals surface area contributed by atoms with Gasteiger partial charge in [0.15, 0.2) is 0 Å². The molecule has 32 heavy (non-hydrogen) atoms. The van der Waals surface area contributed by atoms with E-state index in [9.17, 15) is 14.4 Å². The Labute approximate surface area is 187 Å². The Hall–Kier alpha value is -3.85. The molecule has 0 aliphatic heterocycles. The summed E-state index contributed by atoms with van der Waals surface area (Å²) in [4.78, 5) is 39.2. The van der Waals surface area contributed by atoms with E-state index in [1.54, 1.807) is 47.8 Å². The van der Waals surface area contributed by atoms with Crippen LogP contribution in [0, 0.1) is 6.92 Å². The topological polar surface area (TPSA) is 91.6 Å². The van der Waals surface area contributed by atoms with Gasteiger partial charge in [-0.25, -0.2) is 9.36 Å². The number of hydrogen-bond acceptors (Lipinski definition) is 6. The summed E-state index contributed by atoms with van der Waals surface area (Å²) in [5, 5.41) is 4.49. The smallest absolute Gasteiger partial charge is 0.336 e.